The standard InChI is InChI=1S/C10H10Cl2F2N2O/c11-6-2-1-3-7(12)10(6)16-9(17)5-15-4-8(13)14/h1-3,8,15H,4-5H2,(H,16,17). The van der Waals surface area contributed by atoms with Gasteiger partial charge in [0, 0.05) is 0 Å². The van der Waals surface area contributed by atoms with Crippen molar-refractivity contribution in [2.24, 2.45) is 0 Å². The van der Waals surface area contributed by atoms with E-state index in [2.05, 4.69) is 10.6 Å². The fourth-order valence-corrected chi connectivity index (χ4v) is 1.59. The summed E-state index contributed by atoms with van der Waals surface area (Å²) in [4.78, 5) is 11.4. The van der Waals surface area contributed by atoms with E-state index in [9.17, 15) is 13.6 Å². The highest BCUT2D eigenvalue weighted by Crippen LogP contribution is 2.29. The van der Waals surface area contributed by atoms with Crippen LogP contribution in [0.2, 0.25) is 10.0 Å². The Kier molecular flexibility index (Phi) is 5.61. The van der Waals surface area contributed by atoms with Crippen LogP contribution in [0.15, 0.2) is 18.2 Å². The van der Waals surface area contributed by atoms with Gasteiger partial charge in [-0.25, -0.2) is 8.78 Å². The highest BCUT2D eigenvalue weighted by molar-refractivity contribution is 6.39. The van der Waals surface area contributed by atoms with Crippen LogP contribution < -0.4 is 10.6 Å². The molecule has 1 aromatic rings. The number of carbonyl (C=O) groups excluding carboxylic acids is 1. The molecule has 0 saturated heterocycles. The molecule has 17 heavy (non-hydrogen) atoms. The number of rotatable bonds is 5. The Hall–Kier alpha value is -0.910. The zero-order chi connectivity index (χ0) is 12.8. The van der Waals surface area contributed by atoms with E-state index >= 15 is 0 Å². The van der Waals surface area contributed by atoms with Crippen LogP contribution in [0.25, 0.3) is 0 Å². The Morgan fingerprint density at radius 2 is 1.88 bits per heavy atom. The summed E-state index contributed by atoms with van der Waals surface area (Å²) >= 11 is 11.6. The van der Waals surface area contributed by atoms with Gasteiger partial charge < -0.3 is 10.6 Å². The molecule has 0 atom stereocenters. The molecule has 0 saturated carbocycles. The number of carbonyl (C=O) groups is 1. The number of para-hydroxylation sites is 1. The second-order valence-electron chi connectivity index (χ2n) is 3.17. The van der Waals surface area contributed by atoms with Crippen molar-refractivity contribution in [2.75, 3.05) is 18.4 Å². The zero-order valence-electron chi connectivity index (χ0n) is 8.64. The molecule has 0 aliphatic heterocycles. The van der Waals surface area contributed by atoms with Crippen molar-refractivity contribution in [1.29, 1.82) is 0 Å². The first-order valence-electron chi connectivity index (χ1n) is 4.73. The first-order valence-corrected chi connectivity index (χ1v) is 5.49. The number of benzene rings is 1. The first kappa shape index (κ1) is 14.2. The van der Waals surface area contributed by atoms with Gasteiger partial charge >= 0.3 is 0 Å². The molecule has 0 aromatic heterocycles. The first-order chi connectivity index (χ1) is 8.00. The van der Waals surface area contributed by atoms with Crippen LogP contribution in [0, 0.1) is 0 Å². The molecule has 0 bridgehead atoms. The molecule has 0 aliphatic carbocycles. The van der Waals surface area contributed by atoms with Crippen molar-refractivity contribution < 1.29 is 13.6 Å². The van der Waals surface area contributed by atoms with Crippen LogP contribution in [-0.4, -0.2) is 25.4 Å². The monoisotopic (exact) mass is 282 g/mol. The number of alkyl halides is 2. The highest BCUT2D eigenvalue weighted by Gasteiger charge is 2.10. The topological polar surface area (TPSA) is 41.1 Å². The number of hydrogen-bond acceptors (Lipinski definition) is 2. The summed E-state index contributed by atoms with van der Waals surface area (Å²) in [5.41, 5.74) is 0.277. The molecular formula is C10H10Cl2F2N2O. The summed E-state index contributed by atoms with van der Waals surface area (Å²) in [6.45, 7) is -0.768. The summed E-state index contributed by atoms with van der Waals surface area (Å²) < 4.78 is 23.6. The summed E-state index contributed by atoms with van der Waals surface area (Å²) in [5.74, 6) is -0.486. The van der Waals surface area contributed by atoms with Gasteiger partial charge in [0.2, 0.25) is 5.91 Å². The molecule has 3 nitrogen and oxygen atoms in total. The predicted molar refractivity (Wildman–Crippen MR) is 64.0 cm³/mol. The van der Waals surface area contributed by atoms with E-state index in [1.165, 1.54) is 0 Å². The molecule has 94 valence electrons. The minimum atomic E-state index is -2.49. The SMILES string of the molecule is O=C(CNCC(F)F)Nc1c(Cl)cccc1Cl. The van der Waals surface area contributed by atoms with E-state index in [1.807, 2.05) is 0 Å². The third kappa shape index (κ3) is 4.85. The Morgan fingerprint density at radius 1 is 1.29 bits per heavy atom. The van der Waals surface area contributed by atoms with Gasteiger partial charge in [-0.05, 0) is 12.1 Å². The van der Waals surface area contributed by atoms with Gasteiger partial charge in [0.05, 0.1) is 28.8 Å². The number of halogens is 4. The third-order valence-corrected chi connectivity index (χ3v) is 2.44. The molecule has 0 fully saturated rings. The average molecular weight is 283 g/mol. The maximum atomic E-state index is 11.8. The molecule has 0 radical (unpaired) electrons. The molecule has 0 unspecified atom stereocenters. The lowest BCUT2D eigenvalue weighted by Gasteiger charge is -2.09. The smallest absolute Gasteiger partial charge is 0.250 e. The Morgan fingerprint density at radius 3 is 2.41 bits per heavy atom. The van der Waals surface area contributed by atoms with Crippen LogP contribution in [0.1, 0.15) is 0 Å². The van der Waals surface area contributed by atoms with Gasteiger partial charge in [-0.2, -0.15) is 0 Å². The summed E-state index contributed by atoms with van der Waals surface area (Å²) in [5, 5.41) is 5.32. The predicted octanol–water partition coefficient (Wildman–Crippen LogP) is 2.79. The van der Waals surface area contributed by atoms with Crippen molar-refractivity contribution in [2.45, 2.75) is 6.43 Å². The van der Waals surface area contributed by atoms with Gasteiger partial charge in [0.1, 0.15) is 0 Å². The maximum Gasteiger partial charge on any atom is 0.250 e. The van der Waals surface area contributed by atoms with E-state index < -0.39 is 18.9 Å². The normalized spacial score (nSPS) is 10.6. The van der Waals surface area contributed by atoms with Crippen molar-refractivity contribution in [3.05, 3.63) is 28.2 Å². The van der Waals surface area contributed by atoms with Crippen LogP contribution in [0.3, 0.4) is 0 Å². The Labute approximate surface area is 107 Å². The molecule has 2 N–H and O–H groups in total. The quantitative estimate of drug-likeness (QED) is 0.872. The van der Waals surface area contributed by atoms with Crippen molar-refractivity contribution >= 4 is 34.8 Å². The summed E-state index contributed by atoms with van der Waals surface area (Å²) in [6.07, 6.45) is -2.49. The molecule has 1 rings (SSSR count). The molecule has 1 amide bonds. The highest BCUT2D eigenvalue weighted by atomic mass is 35.5. The van der Waals surface area contributed by atoms with Gasteiger partial charge in [-0.1, -0.05) is 29.3 Å². The molecule has 7 heteroatoms. The number of anilines is 1. The van der Waals surface area contributed by atoms with Crippen LogP contribution in [-0.2, 0) is 4.79 Å². The lowest BCUT2D eigenvalue weighted by molar-refractivity contribution is -0.115. The van der Waals surface area contributed by atoms with E-state index in [0.29, 0.717) is 10.0 Å². The number of hydrogen-bond donors (Lipinski definition) is 2. The van der Waals surface area contributed by atoms with Crippen LogP contribution in [0.5, 0.6) is 0 Å². The van der Waals surface area contributed by atoms with Crippen molar-refractivity contribution in [3.8, 4) is 0 Å². The summed E-state index contributed by atoms with van der Waals surface area (Å²) in [7, 11) is 0. The average Bonchev–Trinajstić information content (AvgIpc) is 2.23. The second-order valence-corrected chi connectivity index (χ2v) is 3.98. The van der Waals surface area contributed by atoms with E-state index in [-0.39, 0.29) is 12.2 Å². The molecular weight excluding hydrogens is 273 g/mol. The van der Waals surface area contributed by atoms with Crippen LogP contribution >= 0.6 is 23.2 Å². The largest absolute Gasteiger partial charge is 0.322 e. The number of nitrogens with one attached hydrogen (secondary N) is 2. The zero-order valence-corrected chi connectivity index (χ0v) is 10.2. The van der Waals surface area contributed by atoms with Gasteiger partial charge in [-0.3, -0.25) is 4.79 Å². The minimum absolute atomic E-state index is 0.230. The summed E-state index contributed by atoms with van der Waals surface area (Å²) in [6, 6.07) is 4.76. The second kappa shape index (κ2) is 6.74. The third-order valence-electron chi connectivity index (χ3n) is 1.81. The lowest BCUT2D eigenvalue weighted by Crippen LogP contribution is -2.31. The minimum Gasteiger partial charge on any atom is -0.322 e. The number of amides is 1. The van der Waals surface area contributed by atoms with Gasteiger partial charge in [-0.15, -0.1) is 0 Å². The maximum absolute atomic E-state index is 11.8. The Balaban J connectivity index is 2.51. The lowest BCUT2D eigenvalue weighted by atomic mass is 10.3. The van der Waals surface area contributed by atoms with Crippen molar-refractivity contribution in [3.63, 3.8) is 0 Å². The van der Waals surface area contributed by atoms with Crippen LogP contribution in [0.4, 0.5) is 14.5 Å². The fourth-order valence-electron chi connectivity index (χ4n) is 1.10. The van der Waals surface area contributed by atoms with Gasteiger partial charge in [0.15, 0.2) is 0 Å². The van der Waals surface area contributed by atoms with Gasteiger partial charge in [0.25, 0.3) is 6.43 Å². The molecule has 1 aromatic carbocycles. The van der Waals surface area contributed by atoms with E-state index in [0.717, 1.165) is 0 Å². The van der Waals surface area contributed by atoms with Crippen molar-refractivity contribution in [1.82, 2.24) is 5.32 Å². The molecule has 0 heterocycles. The molecule has 0 aliphatic rings. The van der Waals surface area contributed by atoms with E-state index in [1.54, 1.807) is 18.2 Å². The Bertz CT molecular complexity index is 382. The van der Waals surface area contributed by atoms with E-state index in [4.69, 9.17) is 23.2 Å². The molecule has 0 spiro atoms. The fraction of sp³-hybridized carbons (Fsp3) is 0.300.